The van der Waals surface area contributed by atoms with Crippen molar-refractivity contribution in [3.63, 3.8) is 0 Å². The molecule has 0 saturated heterocycles. The Bertz CT molecular complexity index is 412. The molecule has 86 valence electrons. The molecule has 0 radical (unpaired) electrons. The monoisotopic (exact) mass is 242 g/mol. The first-order valence-electron chi connectivity index (χ1n) is 4.97. The maximum absolute atomic E-state index is 11.5. The zero-order valence-corrected chi connectivity index (χ0v) is 9.21. The molecule has 0 bridgehead atoms. The molecule has 0 atom stereocenters. The van der Waals surface area contributed by atoms with Gasteiger partial charge in [-0.3, -0.25) is 9.59 Å². The topological polar surface area (TPSA) is 71.3 Å². The fourth-order valence-corrected chi connectivity index (χ4v) is 1.42. The Morgan fingerprint density at radius 1 is 1.50 bits per heavy atom. The number of amides is 2. The average molecular weight is 243 g/mol. The second-order valence-corrected chi connectivity index (χ2v) is 3.98. The van der Waals surface area contributed by atoms with Gasteiger partial charge in [-0.2, -0.15) is 0 Å². The Morgan fingerprint density at radius 2 is 2.25 bits per heavy atom. The molecular formula is C10H11ClN2O3. The molecule has 6 heteroatoms. The Hall–Kier alpha value is -1.49. The lowest BCUT2D eigenvalue weighted by atomic mass is 10.3. The Balaban J connectivity index is 1.79. The van der Waals surface area contributed by atoms with Crippen LogP contribution in [0.15, 0.2) is 16.7 Å². The lowest BCUT2D eigenvalue weighted by Crippen LogP contribution is -2.37. The standard InChI is InChI=1S/C10H11ClN2O3/c11-9-7(3-4-16-9)10(15)12-5-8(14)13-6-1-2-6/h3-4,6H,1-2,5H2,(H,12,15)(H,13,14). The number of hydrogen-bond donors (Lipinski definition) is 2. The van der Waals surface area contributed by atoms with Crippen molar-refractivity contribution in [2.45, 2.75) is 18.9 Å². The number of rotatable bonds is 4. The Kier molecular flexibility index (Phi) is 3.14. The molecular weight excluding hydrogens is 232 g/mol. The first-order chi connectivity index (χ1) is 7.66. The first kappa shape index (κ1) is 11.0. The van der Waals surface area contributed by atoms with E-state index in [2.05, 4.69) is 10.6 Å². The van der Waals surface area contributed by atoms with E-state index in [0.29, 0.717) is 6.04 Å². The molecule has 16 heavy (non-hydrogen) atoms. The summed E-state index contributed by atoms with van der Waals surface area (Å²) in [6.07, 6.45) is 3.36. The van der Waals surface area contributed by atoms with Crippen LogP contribution >= 0.6 is 11.6 Å². The van der Waals surface area contributed by atoms with Crippen molar-refractivity contribution in [2.24, 2.45) is 0 Å². The van der Waals surface area contributed by atoms with Crippen molar-refractivity contribution < 1.29 is 14.0 Å². The Labute approximate surface area is 97.1 Å². The van der Waals surface area contributed by atoms with Gasteiger partial charge in [0.05, 0.1) is 18.4 Å². The van der Waals surface area contributed by atoms with Gasteiger partial charge in [-0.15, -0.1) is 0 Å². The van der Waals surface area contributed by atoms with Crippen molar-refractivity contribution in [1.82, 2.24) is 10.6 Å². The molecule has 1 heterocycles. The fraction of sp³-hybridized carbons (Fsp3) is 0.400. The van der Waals surface area contributed by atoms with Crippen molar-refractivity contribution in [3.05, 3.63) is 23.1 Å². The minimum atomic E-state index is -0.412. The van der Waals surface area contributed by atoms with E-state index in [1.807, 2.05) is 0 Å². The molecule has 1 aromatic rings. The van der Waals surface area contributed by atoms with E-state index >= 15 is 0 Å². The molecule has 2 N–H and O–H groups in total. The number of carbonyl (C=O) groups is 2. The minimum Gasteiger partial charge on any atom is -0.452 e. The molecule has 0 aromatic carbocycles. The number of carbonyl (C=O) groups excluding carboxylic acids is 2. The van der Waals surface area contributed by atoms with Gasteiger partial charge in [0, 0.05) is 6.04 Å². The van der Waals surface area contributed by atoms with Crippen molar-refractivity contribution in [2.75, 3.05) is 6.54 Å². The second-order valence-electron chi connectivity index (χ2n) is 3.63. The highest BCUT2D eigenvalue weighted by Gasteiger charge is 2.23. The Morgan fingerprint density at radius 3 is 2.81 bits per heavy atom. The van der Waals surface area contributed by atoms with Gasteiger partial charge in [0.2, 0.25) is 11.1 Å². The lowest BCUT2D eigenvalue weighted by Gasteiger charge is -2.04. The summed E-state index contributed by atoms with van der Waals surface area (Å²) in [7, 11) is 0. The molecule has 1 aromatic heterocycles. The fourth-order valence-electron chi connectivity index (χ4n) is 1.22. The molecule has 1 aliphatic carbocycles. The summed E-state index contributed by atoms with van der Waals surface area (Å²) < 4.78 is 4.77. The van der Waals surface area contributed by atoms with Crippen molar-refractivity contribution >= 4 is 23.4 Å². The highest BCUT2D eigenvalue weighted by atomic mass is 35.5. The van der Waals surface area contributed by atoms with Crippen LogP contribution in [0.3, 0.4) is 0 Å². The van der Waals surface area contributed by atoms with Crippen LogP contribution in [0.2, 0.25) is 5.22 Å². The maximum atomic E-state index is 11.5. The van der Waals surface area contributed by atoms with Crippen LogP contribution in [-0.2, 0) is 4.79 Å². The predicted molar refractivity (Wildman–Crippen MR) is 57.2 cm³/mol. The van der Waals surface area contributed by atoms with E-state index in [9.17, 15) is 9.59 Å². The molecule has 0 aliphatic heterocycles. The zero-order chi connectivity index (χ0) is 11.5. The highest BCUT2D eigenvalue weighted by Crippen LogP contribution is 2.18. The third-order valence-electron chi connectivity index (χ3n) is 2.21. The van der Waals surface area contributed by atoms with Gasteiger partial charge in [-0.25, -0.2) is 0 Å². The van der Waals surface area contributed by atoms with Crippen molar-refractivity contribution in [3.8, 4) is 0 Å². The molecule has 0 spiro atoms. The van der Waals surface area contributed by atoms with Gasteiger partial charge in [0.1, 0.15) is 0 Å². The van der Waals surface area contributed by atoms with E-state index < -0.39 is 5.91 Å². The normalized spacial score (nSPS) is 14.6. The van der Waals surface area contributed by atoms with E-state index in [0.717, 1.165) is 12.8 Å². The maximum Gasteiger partial charge on any atom is 0.256 e. The van der Waals surface area contributed by atoms with Gasteiger partial charge >= 0.3 is 0 Å². The van der Waals surface area contributed by atoms with Gasteiger partial charge < -0.3 is 15.1 Å². The third-order valence-corrected chi connectivity index (χ3v) is 2.51. The lowest BCUT2D eigenvalue weighted by molar-refractivity contribution is -0.120. The van der Waals surface area contributed by atoms with Crippen LogP contribution in [0.1, 0.15) is 23.2 Å². The van der Waals surface area contributed by atoms with E-state index in [4.69, 9.17) is 16.0 Å². The van der Waals surface area contributed by atoms with Crippen LogP contribution in [-0.4, -0.2) is 24.4 Å². The van der Waals surface area contributed by atoms with Crippen LogP contribution in [0.4, 0.5) is 0 Å². The summed E-state index contributed by atoms with van der Waals surface area (Å²) in [6, 6.07) is 1.75. The second kappa shape index (κ2) is 4.57. The van der Waals surface area contributed by atoms with Crippen LogP contribution in [0, 0.1) is 0 Å². The summed E-state index contributed by atoms with van der Waals surface area (Å²) in [6.45, 7) is -0.0448. The molecule has 1 aliphatic rings. The number of nitrogens with one attached hydrogen (secondary N) is 2. The molecule has 2 rings (SSSR count). The van der Waals surface area contributed by atoms with Crippen LogP contribution in [0.5, 0.6) is 0 Å². The van der Waals surface area contributed by atoms with Gasteiger partial charge in [-0.05, 0) is 30.5 Å². The van der Waals surface area contributed by atoms with Crippen LogP contribution < -0.4 is 10.6 Å². The molecule has 5 nitrogen and oxygen atoms in total. The summed E-state index contributed by atoms with van der Waals surface area (Å²) in [4.78, 5) is 22.8. The third kappa shape index (κ3) is 2.76. The van der Waals surface area contributed by atoms with E-state index in [-0.39, 0.29) is 23.2 Å². The number of furan rings is 1. The minimum absolute atomic E-state index is 0.0279. The summed E-state index contributed by atoms with van der Waals surface area (Å²) in [5.74, 6) is -0.597. The molecule has 0 unspecified atom stereocenters. The number of halogens is 1. The van der Waals surface area contributed by atoms with E-state index in [1.165, 1.54) is 12.3 Å². The largest absolute Gasteiger partial charge is 0.452 e. The summed E-state index contributed by atoms with van der Waals surface area (Å²) >= 11 is 5.62. The highest BCUT2D eigenvalue weighted by molar-refractivity contribution is 6.32. The number of hydrogen-bond acceptors (Lipinski definition) is 3. The summed E-state index contributed by atoms with van der Waals surface area (Å²) in [5.41, 5.74) is 0.237. The molecule has 2 amide bonds. The molecule has 1 fully saturated rings. The smallest absolute Gasteiger partial charge is 0.256 e. The van der Waals surface area contributed by atoms with Gasteiger partial charge in [-0.1, -0.05) is 0 Å². The zero-order valence-electron chi connectivity index (χ0n) is 8.46. The molecule has 1 saturated carbocycles. The summed E-state index contributed by atoms with van der Waals surface area (Å²) in [5, 5.41) is 5.25. The quantitative estimate of drug-likeness (QED) is 0.826. The predicted octanol–water partition coefficient (Wildman–Crippen LogP) is 0.941. The van der Waals surface area contributed by atoms with Gasteiger partial charge in [0.15, 0.2) is 0 Å². The van der Waals surface area contributed by atoms with Crippen molar-refractivity contribution in [1.29, 1.82) is 0 Å². The first-order valence-corrected chi connectivity index (χ1v) is 5.35. The van der Waals surface area contributed by atoms with Gasteiger partial charge in [0.25, 0.3) is 5.91 Å². The average Bonchev–Trinajstić information content (AvgIpc) is 2.95. The van der Waals surface area contributed by atoms with Crippen LogP contribution in [0.25, 0.3) is 0 Å². The SMILES string of the molecule is O=C(CNC(=O)c1ccoc1Cl)NC1CC1. The van der Waals surface area contributed by atoms with E-state index in [1.54, 1.807) is 0 Å².